The topological polar surface area (TPSA) is 121 Å². The summed E-state index contributed by atoms with van der Waals surface area (Å²) in [5.41, 5.74) is -0.702. The van der Waals surface area contributed by atoms with Gasteiger partial charge in [0.15, 0.2) is 11.6 Å². The molecule has 0 saturated heterocycles. The highest BCUT2D eigenvalue weighted by atomic mass is 127. The van der Waals surface area contributed by atoms with Gasteiger partial charge in [-0.15, -0.1) is 0 Å². The Kier molecular flexibility index (Phi) is 10.3. The summed E-state index contributed by atoms with van der Waals surface area (Å²) in [6, 6.07) is 4.96. The van der Waals surface area contributed by atoms with Crippen LogP contribution in [0.3, 0.4) is 0 Å². The molecule has 4 N–H and O–H groups in total. The van der Waals surface area contributed by atoms with Crippen LogP contribution in [-0.4, -0.2) is 50.0 Å². The third-order valence-corrected chi connectivity index (χ3v) is 5.23. The average Bonchev–Trinajstić information content (AvgIpc) is 2.81. The van der Waals surface area contributed by atoms with Crippen molar-refractivity contribution in [3.05, 3.63) is 56.4 Å². The number of hydroxylamine groups is 1. The first-order valence-electron chi connectivity index (χ1n) is 10.2. The summed E-state index contributed by atoms with van der Waals surface area (Å²) >= 11 is 1.88. The summed E-state index contributed by atoms with van der Waals surface area (Å²) in [6.45, 7) is 2.37. The van der Waals surface area contributed by atoms with Crippen molar-refractivity contribution < 1.29 is 37.5 Å². The van der Waals surface area contributed by atoms with E-state index in [1.807, 2.05) is 28.1 Å². The number of aliphatic hydroxyl groups excluding tert-OH is 1. The number of rotatable bonds is 11. The minimum absolute atomic E-state index is 0.165. The van der Waals surface area contributed by atoms with Crippen LogP contribution in [0.15, 0.2) is 29.4 Å². The maximum atomic E-state index is 15.0. The second-order valence-corrected chi connectivity index (χ2v) is 8.99. The number of oxime groups is 1. The maximum absolute atomic E-state index is 15.0. The normalized spacial score (nSPS) is 11.4. The van der Waals surface area contributed by atoms with E-state index in [1.165, 1.54) is 25.2 Å². The molecule has 2 aromatic carbocycles. The highest BCUT2D eigenvalue weighted by molar-refractivity contribution is 14.1. The fourth-order valence-corrected chi connectivity index (χ4v) is 3.13. The molecule has 2 aromatic rings. The lowest BCUT2D eigenvalue weighted by atomic mass is 9.94. The van der Waals surface area contributed by atoms with Crippen LogP contribution < -0.4 is 16.1 Å². The summed E-state index contributed by atoms with van der Waals surface area (Å²) in [4.78, 5) is 34.2. The van der Waals surface area contributed by atoms with Crippen molar-refractivity contribution in [2.75, 3.05) is 32.2 Å². The number of aliphatic hydroxyl groups is 1. The van der Waals surface area contributed by atoms with Crippen LogP contribution in [0.2, 0.25) is 0 Å². The number of carbonyl (C=O) groups is 2. The molecule has 190 valence electrons. The predicted octanol–water partition coefficient (Wildman–Crippen LogP) is 3.23. The van der Waals surface area contributed by atoms with Crippen molar-refractivity contribution in [3.63, 3.8) is 0 Å². The molecule has 0 heterocycles. The standard InChI is InChI=1S/C22H24F3IN4O5/c1-22(2,21(33)27-3)11-35-28-10-12-8-14(20(32)30-34-7-6-31)19(18(25)17(12)24)29-16-5-4-13(26)9-15(16)23/h4-5,8-10,29,31H,6-7,11H2,1-3H3,(H,27,33)(H,30,32)/b28-10+. The Morgan fingerprint density at radius 1 is 1.20 bits per heavy atom. The molecule has 0 atom stereocenters. The van der Waals surface area contributed by atoms with Crippen molar-refractivity contribution in [1.29, 1.82) is 0 Å². The molecule has 0 fully saturated rings. The molecule has 0 radical (unpaired) electrons. The van der Waals surface area contributed by atoms with Gasteiger partial charge < -0.3 is 20.6 Å². The van der Waals surface area contributed by atoms with Crippen molar-refractivity contribution >= 4 is 52.0 Å². The van der Waals surface area contributed by atoms with E-state index in [1.54, 1.807) is 13.8 Å². The van der Waals surface area contributed by atoms with Crippen LogP contribution in [-0.2, 0) is 14.5 Å². The van der Waals surface area contributed by atoms with E-state index in [4.69, 9.17) is 14.8 Å². The lowest BCUT2D eigenvalue weighted by Crippen LogP contribution is -2.37. The van der Waals surface area contributed by atoms with E-state index >= 15 is 4.39 Å². The molecule has 0 unspecified atom stereocenters. The fourth-order valence-electron chi connectivity index (χ4n) is 2.68. The van der Waals surface area contributed by atoms with Gasteiger partial charge in [-0.05, 0) is 60.7 Å². The highest BCUT2D eigenvalue weighted by Crippen LogP contribution is 2.30. The molecule has 2 amide bonds. The SMILES string of the molecule is CNC(=O)C(C)(C)CO/N=C/c1cc(C(=O)NOCCO)c(Nc2ccc(I)cc2F)c(F)c1F. The number of nitrogens with zero attached hydrogens (tertiary/aromatic N) is 1. The van der Waals surface area contributed by atoms with Crippen molar-refractivity contribution in [3.8, 4) is 0 Å². The predicted molar refractivity (Wildman–Crippen MR) is 131 cm³/mol. The fraction of sp³-hybridized carbons (Fsp3) is 0.318. The first kappa shape index (κ1) is 28.3. The molecule has 13 heteroatoms. The third kappa shape index (κ3) is 7.53. The Labute approximate surface area is 213 Å². The van der Waals surface area contributed by atoms with Gasteiger partial charge in [0.1, 0.15) is 12.4 Å². The Morgan fingerprint density at radius 3 is 2.54 bits per heavy atom. The van der Waals surface area contributed by atoms with Crippen LogP contribution in [0.25, 0.3) is 0 Å². The van der Waals surface area contributed by atoms with Gasteiger partial charge in [0, 0.05) is 16.2 Å². The highest BCUT2D eigenvalue weighted by Gasteiger charge is 2.28. The number of anilines is 2. The number of nitrogens with one attached hydrogen (secondary N) is 3. The second-order valence-electron chi connectivity index (χ2n) is 7.74. The number of halogens is 4. The van der Waals surface area contributed by atoms with E-state index in [2.05, 4.69) is 15.8 Å². The molecule has 0 spiro atoms. The molecule has 0 aromatic heterocycles. The largest absolute Gasteiger partial charge is 0.395 e. The third-order valence-electron chi connectivity index (χ3n) is 4.56. The lowest BCUT2D eigenvalue weighted by molar-refractivity contribution is -0.132. The van der Waals surface area contributed by atoms with Gasteiger partial charge >= 0.3 is 0 Å². The van der Waals surface area contributed by atoms with E-state index in [-0.39, 0.29) is 24.8 Å². The van der Waals surface area contributed by atoms with Crippen molar-refractivity contribution in [2.24, 2.45) is 10.6 Å². The lowest BCUT2D eigenvalue weighted by Gasteiger charge is -2.20. The molecule has 0 bridgehead atoms. The second kappa shape index (κ2) is 12.7. The van der Waals surface area contributed by atoms with E-state index in [0.29, 0.717) is 3.57 Å². The molecule has 0 aliphatic carbocycles. The van der Waals surface area contributed by atoms with Gasteiger partial charge in [0.25, 0.3) is 5.91 Å². The van der Waals surface area contributed by atoms with Gasteiger partial charge in [-0.2, -0.15) is 0 Å². The number of amides is 2. The van der Waals surface area contributed by atoms with E-state index in [0.717, 1.165) is 12.3 Å². The van der Waals surface area contributed by atoms with Crippen molar-refractivity contribution in [1.82, 2.24) is 10.8 Å². The zero-order chi connectivity index (χ0) is 26.2. The molecule has 9 nitrogen and oxygen atoms in total. The Bertz CT molecular complexity index is 1110. The minimum Gasteiger partial charge on any atom is -0.395 e. The summed E-state index contributed by atoms with van der Waals surface area (Å²) in [7, 11) is 1.46. The van der Waals surface area contributed by atoms with Gasteiger partial charge in [0.2, 0.25) is 5.91 Å². The Morgan fingerprint density at radius 2 is 1.91 bits per heavy atom. The van der Waals surface area contributed by atoms with Crippen LogP contribution in [0.1, 0.15) is 29.8 Å². The van der Waals surface area contributed by atoms with Crippen LogP contribution >= 0.6 is 22.6 Å². The van der Waals surface area contributed by atoms with Crippen LogP contribution in [0.4, 0.5) is 24.5 Å². The monoisotopic (exact) mass is 608 g/mol. The molecular weight excluding hydrogens is 584 g/mol. The smallest absolute Gasteiger partial charge is 0.277 e. The van der Waals surface area contributed by atoms with E-state index in [9.17, 15) is 18.4 Å². The minimum atomic E-state index is -1.48. The number of carbonyl (C=O) groups excluding carboxylic acids is 2. The number of hydrogen-bond acceptors (Lipinski definition) is 7. The first-order valence-corrected chi connectivity index (χ1v) is 11.2. The molecule has 0 saturated carbocycles. The van der Waals surface area contributed by atoms with Crippen LogP contribution in [0, 0.1) is 26.4 Å². The van der Waals surface area contributed by atoms with Gasteiger partial charge in [-0.3, -0.25) is 14.4 Å². The summed E-state index contributed by atoms with van der Waals surface area (Å²) < 4.78 is 44.7. The zero-order valence-electron chi connectivity index (χ0n) is 19.0. The molecule has 0 aliphatic heterocycles. The Balaban J connectivity index is 2.40. The quantitative estimate of drug-likeness (QED) is 0.135. The first-order chi connectivity index (χ1) is 16.5. The Hall–Kier alpha value is -2.91. The summed E-state index contributed by atoms with van der Waals surface area (Å²) in [5, 5.41) is 17.2. The van der Waals surface area contributed by atoms with Crippen molar-refractivity contribution in [2.45, 2.75) is 13.8 Å². The average molecular weight is 608 g/mol. The van der Waals surface area contributed by atoms with Gasteiger partial charge in [0.05, 0.1) is 41.8 Å². The molecule has 0 aliphatic rings. The number of hydrogen-bond donors (Lipinski definition) is 4. The van der Waals surface area contributed by atoms with E-state index < -0.39 is 52.2 Å². The number of benzene rings is 2. The van der Waals surface area contributed by atoms with Gasteiger partial charge in [-0.25, -0.2) is 18.7 Å². The summed E-state index contributed by atoms with van der Waals surface area (Å²) in [5.74, 6) is -4.93. The maximum Gasteiger partial charge on any atom is 0.277 e. The molecular formula is C22H24F3IN4O5. The molecule has 35 heavy (non-hydrogen) atoms. The molecule has 2 rings (SSSR count). The van der Waals surface area contributed by atoms with Crippen LogP contribution in [0.5, 0.6) is 0 Å². The van der Waals surface area contributed by atoms with Gasteiger partial charge in [-0.1, -0.05) is 5.16 Å². The zero-order valence-corrected chi connectivity index (χ0v) is 21.2. The summed E-state index contributed by atoms with van der Waals surface area (Å²) in [6.07, 6.45) is 0.832.